The second-order valence-corrected chi connectivity index (χ2v) is 3.92. The molecular formula is C10H18N2. The Labute approximate surface area is 74.6 Å². The predicted octanol–water partition coefficient (Wildman–Crippen LogP) is 1.52. The Morgan fingerprint density at radius 2 is 2.17 bits per heavy atom. The minimum absolute atomic E-state index is 0.215. The van der Waals surface area contributed by atoms with Gasteiger partial charge >= 0.3 is 0 Å². The molecule has 0 aromatic carbocycles. The van der Waals surface area contributed by atoms with Crippen molar-refractivity contribution in [3.8, 4) is 0 Å². The fraction of sp³-hybridized carbons (Fsp3) is 0.600. The molecule has 1 N–H and O–H groups in total. The summed E-state index contributed by atoms with van der Waals surface area (Å²) >= 11 is 0. The number of aromatic nitrogens is 1. The molecular weight excluding hydrogens is 148 g/mol. The van der Waals surface area contributed by atoms with E-state index in [4.69, 9.17) is 0 Å². The van der Waals surface area contributed by atoms with Crippen LogP contribution in [0.5, 0.6) is 0 Å². The molecule has 0 atom stereocenters. The van der Waals surface area contributed by atoms with E-state index in [1.165, 1.54) is 5.69 Å². The largest absolute Gasteiger partial charge is 0.354 e. The quantitative estimate of drug-likeness (QED) is 0.720. The maximum absolute atomic E-state index is 3.21. The van der Waals surface area contributed by atoms with E-state index in [9.17, 15) is 0 Å². The van der Waals surface area contributed by atoms with Gasteiger partial charge in [-0.25, -0.2) is 0 Å². The molecule has 2 heteroatoms. The standard InChI is InChI=1S/C10H18N2/c1-10(2,8-11-3)9-6-5-7-12(9)4/h5-7,11H,8H2,1-4H3. The van der Waals surface area contributed by atoms with Crippen LogP contribution in [0, 0.1) is 0 Å². The second kappa shape index (κ2) is 3.31. The number of aryl methyl sites for hydroxylation is 1. The van der Waals surface area contributed by atoms with Crippen molar-refractivity contribution in [3.63, 3.8) is 0 Å². The molecule has 68 valence electrons. The third kappa shape index (κ3) is 1.69. The fourth-order valence-corrected chi connectivity index (χ4v) is 1.70. The number of hydrogen-bond acceptors (Lipinski definition) is 1. The normalized spacial score (nSPS) is 12.0. The van der Waals surface area contributed by atoms with E-state index in [0.717, 1.165) is 6.54 Å². The van der Waals surface area contributed by atoms with Crippen LogP contribution in [0.3, 0.4) is 0 Å². The van der Waals surface area contributed by atoms with E-state index in [1.54, 1.807) is 0 Å². The van der Waals surface area contributed by atoms with Crippen molar-refractivity contribution in [2.24, 2.45) is 7.05 Å². The first-order valence-electron chi connectivity index (χ1n) is 4.34. The Morgan fingerprint density at radius 3 is 2.58 bits per heavy atom. The van der Waals surface area contributed by atoms with Gasteiger partial charge in [-0.3, -0.25) is 0 Å². The minimum atomic E-state index is 0.215. The van der Waals surface area contributed by atoms with Gasteiger partial charge in [0.25, 0.3) is 0 Å². The van der Waals surface area contributed by atoms with E-state index in [-0.39, 0.29) is 5.41 Å². The first-order chi connectivity index (χ1) is 5.58. The van der Waals surface area contributed by atoms with Gasteiger partial charge in [0.1, 0.15) is 0 Å². The molecule has 0 saturated carbocycles. The van der Waals surface area contributed by atoms with Gasteiger partial charge in [0.05, 0.1) is 0 Å². The molecule has 0 bridgehead atoms. The number of rotatable bonds is 3. The summed E-state index contributed by atoms with van der Waals surface area (Å²) in [5.74, 6) is 0. The van der Waals surface area contributed by atoms with Crippen molar-refractivity contribution in [2.45, 2.75) is 19.3 Å². The Kier molecular flexibility index (Phi) is 2.58. The average Bonchev–Trinajstić information content (AvgIpc) is 2.35. The molecule has 1 heterocycles. The first kappa shape index (κ1) is 9.33. The van der Waals surface area contributed by atoms with E-state index in [1.807, 2.05) is 7.05 Å². The van der Waals surface area contributed by atoms with Crippen LogP contribution in [-0.2, 0) is 12.5 Å². The maximum Gasteiger partial charge on any atom is 0.0241 e. The van der Waals surface area contributed by atoms with Gasteiger partial charge in [0.15, 0.2) is 0 Å². The van der Waals surface area contributed by atoms with Crippen LogP contribution < -0.4 is 5.32 Å². The Hall–Kier alpha value is -0.760. The zero-order valence-corrected chi connectivity index (χ0v) is 8.39. The van der Waals surface area contributed by atoms with Crippen LogP contribution in [0.25, 0.3) is 0 Å². The highest BCUT2D eigenvalue weighted by atomic mass is 15.0. The molecule has 12 heavy (non-hydrogen) atoms. The third-order valence-corrected chi connectivity index (χ3v) is 2.26. The SMILES string of the molecule is CNCC(C)(C)c1cccn1C. The Bertz CT molecular complexity index is 248. The van der Waals surface area contributed by atoms with Crippen LogP contribution in [0.2, 0.25) is 0 Å². The topological polar surface area (TPSA) is 17.0 Å². The number of hydrogen-bond donors (Lipinski definition) is 1. The van der Waals surface area contributed by atoms with Crippen LogP contribution in [0.4, 0.5) is 0 Å². The Balaban J connectivity index is 2.88. The minimum Gasteiger partial charge on any atom is -0.354 e. The van der Waals surface area contributed by atoms with Crippen LogP contribution in [0.1, 0.15) is 19.5 Å². The molecule has 0 aliphatic carbocycles. The molecule has 0 radical (unpaired) electrons. The lowest BCUT2D eigenvalue weighted by Gasteiger charge is -2.25. The van der Waals surface area contributed by atoms with Crippen molar-refractivity contribution in [1.29, 1.82) is 0 Å². The highest BCUT2D eigenvalue weighted by Gasteiger charge is 2.21. The zero-order valence-electron chi connectivity index (χ0n) is 8.39. The lowest BCUT2D eigenvalue weighted by Crippen LogP contribution is -2.32. The van der Waals surface area contributed by atoms with E-state index >= 15 is 0 Å². The number of nitrogens with zero attached hydrogens (tertiary/aromatic N) is 1. The molecule has 0 saturated heterocycles. The lowest BCUT2D eigenvalue weighted by molar-refractivity contribution is 0.465. The zero-order chi connectivity index (χ0) is 9.19. The molecule has 0 unspecified atom stereocenters. The summed E-state index contributed by atoms with van der Waals surface area (Å²) in [5, 5.41) is 3.21. The maximum atomic E-state index is 3.21. The molecule has 0 fully saturated rings. The molecule has 1 aromatic heterocycles. The lowest BCUT2D eigenvalue weighted by atomic mass is 9.89. The van der Waals surface area contributed by atoms with Gasteiger partial charge in [0.2, 0.25) is 0 Å². The van der Waals surface area contributed by atoms with Crippen LogP contribution in [0.15, 0.2) is 18.3 Å². The second-order valence-electron chi connectivity index (χ2n) is 3.92. The number of likely N-dealkylation sites (N-methyl/N-ethyl adjacent to an activating group) is 1. The molecule has 2 nitrogen and oxygen atoms in total. The van der Waals surface area contributed by atoms with Gasteiger partial charge in [-0.2, -0.15) is 0 Å². The predicted molar refractivity (Wildman–Crippen MR) is 52.4 cm³/mol. The van der Waals surface area contributed by atoms with Crippen molar-refractivity contribution >= 4 is 0 Å². The summed E-state index contributed by atoms with van der Waals surface area (Å²) < 4.78 is 2.18. The van der Waals surface area contributed by atoms with E-state index in [2.05, 4.69) is 49.1 Å². The molecule has 1 rings (SSSR count). The van der Waals surface area contributed by atoms with Gasteiger partial charge in [-0.05, 0) is 19.2 Å². The van der Waals surface area contributed by atoms with Gasteiger partial charge in [-0.15, -0.1) is 0 Å². The average molecular weight is 166 g/mol. The summed E-state index contributed by atoms with van der Waals surface area (Å²) in [6, 6.07) is 4.27. The smallest absolute Gasteiger partial charge is 0.0241 e. The molecule has 0 aliphatic rings. The van der Waals surface area contributed by atoms with Crippen LogP contribution >= 0.6 is 0 Å². The summed E-state index contributed by atoms with van der Waals surface area (Å²) in [6.45, 7) is 5.50. The van der Waals surface area contributed by atoms with Gasteiger partial charge in [-0.1, -0.05) is 13.8 Å². The first-order valence-corrected chi connectivity index (χ1v) is 4.34. The summed E-state index contributed by atoms with van der Waals surface area (Å²) in [7, 11) is 4.08. The van der Waals surface area contributed by atoms with Crippen molar-refractivity contribution in [1.82, 2.24) is 9.88 Å². The summed E-state index contributed by atoms with van der Waals surface area (Å²) in [6.07, 6.45) is 2.09. The summed E-state index contributed by atoms with van der Waals surface area (Å²) in [4.78, 5) is 0. The van der Waals surface area contributed by atoms with E-state index in [0.29, 0.717) is 0 Å². The fourth-order valence-electron chi connectivity index (χ4n) is 1.70. The van der Waals surface area contributed by atoms with Gasteiger partial charge in [0, 0.05) is 30.9 Å². The third-order valence-electron chi connectivity index (χ3n) is 2.26. The number of nitrogens with one attached hydrogen (secondary N) is 1. The molecule has 0 amide bonds. The van der Waals surface area contributed by atoms with Crippen molar-refractivity contribution in [2.75, 3.05) is 13.6 Å². The van der Waals surface area contributed by atoms with Gasteiger partial charge < -0.3 is 9.88 Å². The molecule has 0 aliphatic heterocycles. The highest BCUT2D eigenvalue weighted by Crippen LogP contribution is 2.21. The highest BCUT2D eigenvalue weighted by molar-refractivity contribution is 5.17. The molecule has 1 aromatic rings. The van der Waals surface area contributed by atoms with Crippen molar-refractivity contribution in [3.05, 3.63) is 24.0 Å². The van der Waals surface area contributed by atoms with Crippen molar-refractivity contribution < 1.29 is 0 Å². The molecule has 0 spiro atoms. The monoisotopic (exact) mass is 166 g/mol. The van der Waals surface area contributed by atoms with E-state index < -0.39 is 0 Å². The Morgan fingerprint density at radius 1 is 1.50 bits per heavy atom. The summed E-state index contributed by atoms with van der Waals surface area (Å²) in [5.41, 5.74) is 1.59. The van der Waals surface area contributed by atoms with Crippen LogP contribution in [-0.4, -0.2) is 18.2 Å².